The Labute approximate surface area is 209 Å². The van der Waals surface area contributed by atoms with Crippen LogP contribution in [-0.4, -0.2) is 40.7 Å². The van der Waals surface area contributed by atoms with Crippen LogP contribution < -0.4 is 0 Å². The number of hydrogen-bond donors (Lipinski definition) is 1. The van der Waals surface area contributed by atoms with Gasteiger partial charge in [0.15, 0.2) is 0 Å². The molecule has 5 atom stereocenters. The van der Waals surface area contributed by atoms with E-state index < -0.39 is 70.9 Å². The summed E-state index contributed by atoms with van der Waals surface area (Å²) in [6, 6.07) is 6.30. The Bertz CT molecular complexity index is 1130. The SMILES string of the molecule is C[C@@H](O[C@H]1CN2C(=O)C(O)C(C)(C)C[C@H]2[C@@H]1c1ccc(F)cc1)c1cc(C(F)(F)F)cc(C(F)(F)F)c1. The first kappa shape index (κ1) is 27.4. The van der Waals surface area contributed by atoms with Gasteiger partial charge >= 0.3 is 12.4 Å². The number of fused-ring (bicyclic) bond motifs is 1. The number of amides is 1. The van der Waals surface area contributed by atoms with Crippen molar-refractivity contribution in [1.82, 2.24) is 4.90 Å². The van der Waals surface area contributed by atoms with Gasteiger partial charge in [-0.05, 0) is 54.8 Å². The van der Waals surface area contributed by atoms with Gasteiger partial charge in [0.2, 0.25) is 0 Å². The van der Waals surface area contributed by atoms with Gasteiger partial charge in [-0.3, -0.25) is 4.79 Å². The van der Waals surface area contributed by atoms with Crippen molar-refractivity contribution in [2.24, 2.45) is 5.41 Å². The number of alkyl halides is 6. The molecule has 0 spiro atoms. The quantitative estimate of drug-likeness (QED) is 0.484. The Hall–Kier alpha value is -2.66. The molecule has 1 amide bonds. The van der Waals surface area contributed by atoms with E-state index in [0.29, 0.717) is 24.1 Å². The molecule has 202 valence electrons. The number of aliphatic hydroxyl groups excluding tert-OH is 1. The van der Waals surface area contributed by atoms with Crippen LogP contribution in [0.25, 0.3) is 0 Å². The van der Waals surface area contributed by atoms with Crippen LogP contribution in [0.2, 0.25) is 0 Å². The molecule has 2 aliphatic heterocycles. The third-order valence-electron chi connectivity index (χ3n) is 7.30. The zero-order valence-electron chi connectivity index (χ0n) is 20.2. The van der Waals surface area contributed by atoms with Crippen LogP contribution in [0.1, 0.15) is 61.5 Å². The summed E-state index contributed by atoms with van der Waals surface area (Å²) in [6.07, 6.45) is -13.0. The van der Waals surface area contributed by atoms with Crippen LogP contribution >= 0.6 is 0 Å². The lowest BCUT2D eigenvalue weighted by molar-refractivity contribution is -0.156. The van der Waals surface area contributed by atoms with E-state index in [1.165, 1.54) is 36.1 Å². The molecule has 37 heavy (non-hydrogen) atoms. The maximum absolute atomic E-state index is 13.6. The lowest BCUT2D eigenvalue weighted by Crippen LogP contribution is -2.56. The average Bonchev–Trinajstić information content (AvgIpc) is 3.13. The molecule has 2 fully saturated rings. The molecule has 4 rings (SSSR count). The maximum Gasteiger partial charge on any atom is 0.416 e. The number of halogens is 7. The van der Waals surface area contributed by atoms with Gasteiger partial charge < -0.3 is 14.7 Å². The second-order valence-corrected chi connectivity index (χ2v) is 10.4. The fraction of sp³-hybridized carbons (Fsp3) is 0.500. The first-order valence-electron chi connectivity index (χ1n) is 11.7. The summed E-state index contributed by atoms with van der Waals surface area (Å²) in [5, 5.41) is 10.5. The summed E-state index contributed by atoms with van der Waals surface area (Å²) in [5.74, 6) is -1.58. The topological polar surface area (TPSA) is 49.8 Å². The normalized spacial score (nSPS) is 26.8. The Morgan fingerprint density at radius 2 is 1.54 bits per heavy atom. The van der Waals surface area contributed by atoms with E-state index in [9.17, 15) is 40.6 Å². The van der Waals surface area contributed by atoms with Crippen molar-refractivity contribution in [3.8, 4) is 0 Å². The molecular formula is C26H26F7NO3. The maximum atomic E-state index is 13.6. The number of nitrogens with zero attached hydrogens (tertiary/aromatic N) is 1. The third-order valence-corrected chi connectivity index (χ3v) is 7.30. The Balaban J connectivity index is 1.71. The largest absolute Gasteiger partial charge is 0.416 e. The summed E-state index contributed by atoms with van der Waals surface area (Å²) < 4.78 is 99.9. The van der Waals surface area contributed by atoms with E-state index in [1.807, 2.05) is 0 Å². The van der Waals surface area contributed by atoms with Crippen molar-refractivity contribution in [3.63, 3.8) is 0 Å². The van der Waals surface area contributed by atoms with E-state index in [-0.39, 0.29) is 18.2 Å². The molecule has 2 saturated heterocycles. The van der Waals surface area contributed by atoms with Gasteiger partial charge in [0, 0.05) is 23.9 Å². The number of aliphatic hydroxyl groups is 1. The minimum Gasteiger partial charge on any atom is -0.383 e. The molecule has 1 N–H and O–H groups in total. The molecule has 11 heteroatoms. The summed E-state index contributed by atoms with van der Waals surface area (Å²) in [7, 11) is 0. The second-order valence-electron chi connectivity index (χ2n) is 10.4. The molecule has 2 heterocycles. The van der Waals surface area contributed by atoms with Crippen LogP contribution in [0.15, 0.2) is 42.5 Å². The number of carbonyl (C=O) groups excluding carboxylic acids is 1. The Morgan fingerprint density at radius 1 is 1.00 bits per heavy atom. The van der Waals surface area contributed by atoms with Crippen LogP contribution in [0, 0.1) is 11.2 Å². The fourth-order valence-corrected chi connectivity index (χ4v) is 5.32. The van der Waals surface area contributed by atoms with Gasteiger partial charge in [-0.25, -0.2) is 4.39 Å². The van der Waals surface area contributed by atoms with Crippen molar-refractivity contribution in [3.05, 3.63) is 70.5 Å². The number of piperidine rings is 1. The number of carbonyl (C=O) groups is 1. The number of benzene rings is 2. The minimum absolute atomic E-state index is 0.0336. The van der Waals surface area contributed by atoms with Crippen molar-refractivity contribution in [2.75, 3.05) is 6.54 Å². The number of hydrogen-bond acceptors (Lipinski definition) is 3. The summed E-state index contributed by atoms with van der Waals surface area (Å²) in [5.41, 5.74) is -3.42. The molecule has 0 saturated carbocycles. The van der Waals surface area contributed by atoms with Crippen LogP contribution in [0.3, 0.4) is 0 Å². The molecule has 0 aliphatic carbocycles. The number of rotatable bonds is 4. The molecule has 0 radical (unpaired) electrons. The fourth-order valence-electron chi connectivity index (χ4n) is 5.32. The molecule has 0 aromatic heterocycles. The first-order valence-corrected chi connectivity index (χ1v) is 11.7. The average molecular weight is 533 g/mol. The smallest absolute Gasteiger partial charge is 0.383 e. The van der Waals surface area contributed by atoms with Gasteiger partial charge in [-0.2, -0.15) is 26.3 Å². The summed E-state index contributed by atoms with van der Waals surface area (Å²) >= 11 is 0. The highest BCUT2D eigenvalue weighted by atomic mass is 19.4. The van der Waals surface area contributed by atoms with Crippen molar-refractivity contribution in [1.29, 1.82) is 0 Å². The van der Waals surface area contributed by atoms with Crippen molar-refractivity contribution < 1.29 is 45.4 Å². The predicted molar refractivity (Wildman–Crippen MR) is 119 cm³/mol. The first-order chi connectivity index (χ1) is 17.0. The van der Waals surface area contributed by atoms with Gasteiger partial charge in [0.25, 0.3) is 5.91 Å². The van der Waals surface area contributed by atoms with Crippen molar-refractivity contribution >= 4 is 5.91 Å². The summed E-state index contributed by atoms with van der Waals surface area (Å²) in [6.45, 7) is 4.77. The highest BCUT2D eigenvalue weighted by Gasteiger charge is 2.55. The molecule has 4 nitrogen and oxygen atoms in total. The molecule has 2 aliphatic rings. The van der Waals surface area contributed by atoms with E-state index in [1.54, 1.807) is 13.8 Å². The molecule has 2 aromatic carbocycles. The highest BCUT2D eigenvalue weighted by molar-refractivity contribution is 5.83. The van der Waals surface area contributed by atoms with E-state index in [4.69, 9.17) is 4.74 Å². The molecule has 1 unspecified atom stereocenters. The van der Waals surface area contributed by atoms with Gasteiger partial charge in [0.05, 0.1) is 23.3 Å². The van der Waals surface area contributed by atoms with Crippen LogP contribution in [0.4, 0.5) is 30.7 Å². The highest BCUT2D eigenvalue weighted by Crippen LogP contribution is 2.47. The number of ether oxygens (including phenoxy) is 1. The monoisotopic (exact) mass is 533 g/mol. The zero-order valence-corrected chi connectivity index (χ0v) is 20.2. The van der Waals surface area contributed by atoms with Gasteiger partial charge in [0.1, 0.15) is 11.9 Å². The predicted octanol–water partition coefficient (Wildman–Crippen LogP) is 6.09. The Morgan fingerprint density at radius 3 is 2.05 bits per heavy atom. The zero-order chi connectivity index (χ0) is 27.5. The lowest BCUT2D eigenvalue weighted by Gasteiger charge is -2.44. The summed E-state index contributed by atoms with van der Waals surface area (Å²) in [4.78, 5) is 14.4. The van der Waals surface area contributed by atoms with E-state index in [2.05, 4.69) is 0 Å². The molecule has 2 aromatic rings. The minimum atomic E-state index is -5.01. The van der Waals surface area contributed by atoms with Crippen LogP contribution in [-0.2, 0) is 21.9 Å². The van der Waals surface area contributed by atoms with Crippen molar-refractivity contribution in [2.45, 2.75) is 69.8 Å². The lowest BCUT2D eigenvalue weighted by atomic mass is 9.73. The third kappa shape index (κ3) is 5.34. The van der Waals surface area contributed by atoms with Gasteiger partial charge in [-0.15, -0.1) is 0 Å². The van der Waals surface area contributed by atoms with E-state index >= 15 is 0 Å². The molecular weight excluding hydrogens is 507 g/mol. The van der Waals surface area contributed by atoms with Crippen LogP contribution in [0.5, 0.6) is 0 Å². The van der Waals surface area contributed by atoms with E-state index in [0.717, 1.165) is 0 Å². The second kappa shape index (κ2) is 9.27. The Kier molecular flexibility index (Phi) is 6.86. The van der Waals surface area contributed by atoms with Gasteiger partial charge in [-0.1, -0.05) is 26.0 Å². The molecule has 0 bridgehead atoms. The standard InChI is InChI=1S/C26H26F7NO3/c1-13(15-8-16(25(28,29)30)10-17(9-15)26(31,32)33)37-20-12-34-19(11-24(2,3)22(35)23(34)36)21(20)14-4-6-18(27)7-5-14/h4-10,13,19-22,35H,11-12H2,1-3H3/t13-,19+,20+,21+,22?/m1/s1.